The van der Waals surface area contributed by atoms with E-state index in [1.54, 1.807) is 24.1 Å². The Morgan fingerprint density at radius 1 is 1.61 bits per heavy atom. The van der Waals surface area contributed by atoms with Crippen molar-refractivity contribution in [1.29, 1.82) is 0 Å². The molecule has 0 radical (unpaired) electrons. The van der Waals surface area contributed by atoms with Crippen molar-refractivity contribution in [2.75, 3.05) is 5.32 Å². The van der Waals surface area contributed by atoms with Crippen molar-refractivity contribution in [3.8, 4) is 0 Å². The van der Waals surface area contributed by atoms with Gasteiger partial charge in [0.15, 0.2) is 0 Å². The average molecular weight is 250 g/mol. The monoisotopic (exact) mass is 250 g/mol. The Balaban J connectivity index is 2.27. The summed E-state index contributed by atoms with van der Waals surface area (Å²) in [5.74, 6) is 0.426. The number of aryl methyl sites for hydroxylation is 2. The van der Waals surface area contributed by atoms with Gasteiger partial charge in [0.25, 0.3) is 0 Å². The number of H-pyrrole nitrogens is 1. The fourth-order valence-corrected chi connectivity index (χ4v) is 1.75. The summed E-state index contributed by atoms with van der Waals surface area (Å²) in [4.78, 5) is 17.4. The third-order valence-electron chi connectivity index (χ3n) is 2.58. The van der Waals surface area contributed by atoms with Crippen LogP contribution in [0.25, 0.3) is 0 Å². The van der Waals surface area contributed by atoms with Gasteiger partial charge in [0.05, 0.1) is 23.5 Å². The minimum Gasteiger partial charge on any atom is -0.359 e. The molecule has 0 aromatic carbocycles. The van der Waals surface area contributed by atoms with Crippen LogP contribution in [-0.2, 0) is 13.1 Å². The molecule has 2 N–H and O–H groups in total. The number of hydrogen-bond acceptors (Lipinski definition) is 5. The smallest absolute Gasteiger partial charge is 0.333 e. The summed E-state index contributed by atoms with van der Waals surface area (Å²) in [6.45, 7) is 4.52. The molecule has 0 bridgehead atoms. The number of aromatic nitrogens is 4. The molecule has 2 heterocycles. The van der Waals surface area contributed by atoms with Gasteiger partial charge < -0.3 is 10.3 Å². The van der Waals surface area contributed by atoms with E-state index in [2.05, 4.69) is 20.4 Å². The molecule has 0 unspecified atom stereocenters. The summed E-state index contributed by atoms with van der Waals surface area (Å²) >= 11 is 0. The topological polar surface area (TPSA) is 102 Å². The van der Waals surface area contributed by atoms with Crippen LogP contribution in [-0.4, -0.2) is 24.7 Å². The molecule has 2 rings (SSSR count). The van der Waals surface area contributed by atoms with Crippen LogP contribution < -0.4 is 5.32 Å². The molecule has 0 spiro atoms. The van der Waals surface area contributed by atoms with Crippen LogP contribution >= 0.6 is 0 Å². The van der Waals surface area contributed by atoms with Gasteiger partial charge in [-0.2, -0.15) is 5.10 Å². The van der Waals surface area contributed by atoms with E-state index in [9.17, 15) is 10.1 Å². The zero-order valence-corrected chi connectivity index (χ0v) is 10.2. The van der Waals surface area contributed by atoms with Crippen LogP contribution in [0.1, 0.15) is 18.3 Å². The van der Waals surface area contributed by atoms with E-state index in [1.165, 1.54) is 0 Å². The molecule has 0 atom stereocenters. The highest BCUT2D eigenvalue weighted by atomic mass is 16.6. The lowest BCUT2D eigenvalue weighted by atomic mass is 10.3. The first-order valence-electron chi connectivity index (χ1n) is 5.56. The SMILES string of the molecule is CCn1nc(C)c([N+](=O)[O-])c1NCc1cnc[nH]1. The summed E-state index contributed by atoms with van der Waals surface area (Å²) < 4.78 is 1.59. The molecular formula is C10H14N6O2. The van der Waals surface area contributed by atoms with Crippen molar-refractivity contribution in [3.63, 3.8) is 0 Å². The van der Waals surface area contributed by atoms with Crippen molar-refractivity contribution >= 4 is 11.5 Å². The Labute approximate surface area is 103 Å². The first kappa shape index (κ1) is 12.1. The van der Waals surface area contributed by atoms with Crippen molar-refractivity contribution in [2.45, 2.75) is 26.9 Å². The van der Waals surface area contributed by atoms with Gasteiger partial charge in [-0.3, -0.25) is 10.1 Å². The van der Waals surface area contributed by atoms with Crippen molar-refractivity contribution in [3.05, 3.63) is 34.0 Å². The third-order valence-corrected chi connectivity index (χ3v) is 2.58. The lowest BCUT2D eigenvalue weighted by molar-refractivity contribution is -0.384. The molecule has 8 heteroatoms. The van der Waals surface area contributed by atoms with E-state index >= 15 is 0 Å². The largest absolute Gasteiger partial charge is 0.359 e. The second-order valence-corrected chi connectivity index (χ2v) is 3.79. The normalized spacial score (nSPS) is 10.6. The Morgan fingerprint density at radius 2 is 2.39 bits per heavy atom. The van der Waals surface area contributed by atoms with Crippen LogP contribution in [0.15, 0.2) is 12.5 Å². The number of nitrogens with zero attached hydrogens (tertiary/aromatic N) is 4. The molecule has 0 saturated carbocycles. The average Bonchev–Trinajstić information content (AvgIpc) is 2.92. The molecule has 0 aliphatic heterocycles. The quantitative estimate of drug-likeness (QED) is 0.617. The molecule has 0 aliphatic carbocycles. The van der Waals surface area contributed by atoms with E-state index in [1.807, 2.05) is 6.92 Å². The van der Waals surface area contributed by atoms with Crippen LogP contribution in [0.2, 0.25) is 0 Å². The molecule has 96 valence electrons. The maximum atomic E-state index is 11.0. The zero-order chi connectivity index (χ0) is 13.1. The minimum atomic E-state index is -0.413. The number of nitrogens with one attached hydrogen (secondary N) is 2. The first-order valence-corrected chi connectivity index (χ1v) is 5.56. The predicted octanol–water partition coefficient (Wildman–Crippen LogP) is 1.45. The fraction of sp³-hybridized carbons (Fsp3) is 0.400. The molecular weight excluding hydrogens is 236 g/mol. The van der Waals surface area contributed by atoms with Crippen molar-refractivity contribution in [1.82, 2.24) is 19.7 Å². The summed E-state index contributed by atoms with van der Waals surface area (Å²) in [5, 5.41) is 18.2. The lowest BCUT2D eigenvalue weighted by Gasteiger charge is -2.06. The van der Waals surface area contributed by atoms with Crippen LogP contribution in [0.4, 0.5) is 11.5 Å². The fourth-order valence-electron chi connectivity index (χ4n) is 1.75. The van der Waals surface area contributed by atoms with E-state index in [4.69, 9.17) is 0 Å². The third kappa shape index (κ3) is 2.17. The number of anilines is 1. The van der Waals surface area contributed by atoms with Gasteiger partial charge in [0.1, 0.15) is 5.69 Å². The van der Waals surface area contributed by atoms with Gasteiger partial charge >= 0.3 is 5.69 Å². The van der Waals surface area contributed by atoms with Gasteiger partial charge in [-0.05, 0) is 13.8 Å². The van der Waals surface area contributed by atoms with Crippen LogP contribution in [0.5, 0.6) is 0 Å². The molecule has 0 aliphatic rings. The molecule has 2 aromatic heterocycles. The molecule has 8 nitrogen and oxygen atoms in total. The molecule has 0 amide bonds. The Hall–Kier alpha value is -2.38. The van der Waals surface area contributed by atoms with Gasteiger partial charge in [0, 0.05) is 12.7 Å². The molecule has 0 saturated heterocycles. The summed E-state index contributed by atoms with van der Waals surface area (Å²) in [5.41, 5.74) is 1.29. The van der Waals surface area contributed by atoms with Crippen LogP contribution in [0, 0.1) is 17.0 Å². The minimum absolute atomic E-state index is 0.0244. The highest BCUT2D eigenvalue weighted by Crippen LogP contribution is 2.28. The summed E-state index contributed by atoms with van der Waals surface area (Å²) in [6.07, 6.45) is 3.23. The highest BCUT2D eigenvalue weighted by molar-refractivity contribution is 5.59. The Morgan fingerprint density at radius 3 is 2.94 bits per heavy atom. The first-order chi connectivity index (χ1) is 8.63. The zero-order valence-electron chi connectivity index (χ0n) is 10.2. The highest BCUT2D eigenvalue weighted by Gasteiger charge is 2.24. The van der Waals surface area contributed by atoms with Crippen molar-refractivity contribution < 1.29 is 4.92 Å². The van der Waals surface area contributed by atoms with Gasteiger partial charge in [-0.15, -0.1) is 0 Å². The predicted molar refractivity (Wildman–Crippen MR) is 65.2 cm³/mol. The molecule has 2 aromatic rings. The van der Waals surface area contributed by atoms with Gasteiger partial charge in [-0.1, -0.05) is 0 Å². The lowest BCUT2D eigenvalue weighted by Crippen LogP contribution is -2.08. The van der Waals surface area contributed by atoms with E-state index in [-0.39, 0.29) is 5.69 Å². The maximum absolute atomic E-state index is 11.0. The van der Waals surface area contributed by atoms with Gasteiger partial charge in [-0.25, -0.2) is 9.67 Å². The van der Waals surface area contributed by atoms with Gasteiger partial charge in [0.2, 0.25) is 5.82 Å². The number of hydrogen-bond donors (Lipinski definition) is 2. The number of nitro groups is 1. The maximum Gasteiger partial charge on any atom is 0.333 e. The molecule has 0 fully saturated rings. The standard InChI is InChI=1S/C10H14N6O2/c1-3-15-10(9(16(17)18)7(2)14-15)12-5-8-4-11-6-13-8/h4,6,12H,3,5H2,1-2H3,(H,11,13). The summed E-state index contributed by atoms with van der Waals surface area (Å²) in [7, 11) is 0. The Bertz CT molecular complexity index is 545. The number of imidazole rings is 1. The van der Waals surface area contributed by atoms with E-state index < -0.39 is 4.92 Å². The second-order valence-electron chi connectivity index (χ2n) is 3.79. The van der Waals surface area contributed by atoms with Crippen molar-refractivity contribution in [2.24, 2.45) is 0 Å². The summed E-state index contributed by atoms with van der Waals surface area (Å²) in [6, 6.07) is 0. The van der Waals surface area contributed by atoms with E-state index in [0.29, 0.717) is 24.6 Å². The van der Waals surface area contributed by atoms with E-state index in [0.717, 1.165) is 5.69 Å². The Kier molecular flexibility index (Phi) is 3.26. The van der Waals surface area contributed by atoms with Crippen LogP contribution in [0.3, 0.4) is 0 Å². The second kappa shape index (κ2) is 4.86. The number of aromatic amines is 1. The number of rotatable bonds is 5. The molecule has 18 heavy (non-hydrogen) atoms.